The van der Waals surface area contributed by atoms with Gasteiger partial charge in [-0.05, 0) is 30.5 Å². The number of amides is 1. The fraction of sp³-hybridized carbons (Fsp3) is 0.562. The minimum Gasteiger partial charge on any atom is -0.497 e. The Kier molecular flexibility index (Phi) is 6.02. The number of rotatable bonds is 7. The summed E-state index contributed by atoms with van der Waals surface area (Å²) in [5.41, 5.74) is 0.0520. The molecular weight excluding hydrogens is 254 g/mol. The van der Waals surface area contributed by atoms with E-state index in [0.29, 0.717) is 6.42 Å². The maximum atomic E-state index is 11.9. The van der Waals surface area contributed by atoms with E-state index in [-0.39, 0.29) is 18.4 Å². The van der Waals surface area contributed by atoms with Gasteiger partial charge in [-0.1, -0.05) is 32.4 Å². The van der Waals surface area contributed by atoms with Crippen LogP contribution in [0, 0.1) is 5.92 Å². The van der Waals surface area contributed by atoms with Crippen molar-refractivity contribution in [3.8, 4) is 5.75 Å². The zero-order valence-corrected chi connectivity index (χ0v) is 12.8. The van der Waals surface area contributed by atoms with Crippen molar-refractivity contribution < 1.29 is 14.6 Å². The summed E-state index contributed by atoms with van der Waals surface area (Å²) in [7, 11) is 1.61. The van der Waals surface area contributed by atoms with Gasteiger partial charge in [-0.3, -0.25) is 4.79 Å². The summed E-state index contributed by atoms with van der Waals surface area (Å²) >= 11 is 0. The third kappa shape index (κ3) is 4.85. The first-order valence-electron chi connectivity index (χ1n) is 7.01. The Hall–Kier alpha value is -1.55. The molecule has 1 aromatic rings. The highest BCUT2D eigenvalue weighted by Crippen LogP contribution is 2.19. The number of ether oxygens (including phenoxy) is 1. The van der Waals surface area contributed by atoms with Crippen molar-refractivity contribution >= 4 is 5.91 Å². The lowest BCUT2D eigenvalue weighted by molar-refractivity contribution is -0.122. The predicted octanol–water partition coefficient (Wildman–Crippen LogP) is 2.15. The van der Waals surface area contributed by atoms with Crippen LogP contribution in [0.3, 0.4) is 0 Å². The summed E-state index contributed by atoms with van der Waals surface area (Å²) in [6.07, 6.45) is 1.18. The molecule has 0 aliphatic rings. The first-order chi connectivity index (χ1) is 9.39. The quantitative estimate of drug-likeness (QED) is 0.804. The SMILES string of the molecule is CCC(C)C(C)(O)CNC(=O)Cc1ccc(OC)cc1. The Labute approximate surface area is 121 Å². The van der Waals surface area contributed by atoms with Gasteiger partial charge >= 0.3 is 0 Å². The highest BCUT2D eigenvalue weighted by molar-refractivity contribution is 5.78. The number of benzene rings is 1. The Morgan fingerprint density at radius 1 is 1.40 bits per heavy atom. The first-order valence-corrected chi connectivity index (χ1v) is 7.01. The second-order valence-electron chi connectivity index (χ2n) is 5.47. The molecule has 112 valence electrons. The zero-order valence-electron chi connectivity index (χ0n) is 12.8. The molecule has 0 saturated carbocycles. The number of hydrogen-bond acceptors (Lipinski definition) is 3. The number of carbonyl (C=O) groups excluding carboxylic acids is 1. The molecule has 2 atom stereocenters. The van der Waals surface area contributed by atoms with Crippen LogP contribution in [-0.4, -0.2) is 30.3 Å². The monoisotopic (exact) mass is 279 g/mol. The summed E-state index contributed by atoms with van der Waals surface area (Å²) < 4.78 is 5.07. The van der Waals surface area contributed by atoms with E-state index in [1.54, 1.807) is 14.0 Å². The van der Waals surface area contributed by atoms with E-state index in [9.17, 15) is 9.90 Å². The minimum absolute atomic E-state index is 0.0845. The van der Waals surface area contributed by atoms with Crippen LogP contribution in [0.25, 0.3) is 0 Å². The van der Waals surface area contributed by atoms with E-state index < -0.39 is 5.60 Å². The summed E-state index contributed by atoms with van der Waals surface area (Å²) in [5.74, 6) is 0.830. The lowest BCUT2D eigenvalue weighted by atomic mass is 9.88. The highest BCUT2D eigenvalue weighted by atomic mass is 16.5. The van der Waals surface area contributed by atoms with E-state index in [1.165, 1.54) is 0 Å². The molecule has 4 nitrogen and oxygen atoms in total. The second kappa shape index (κ2) is 7.29. The molecule has 0 aromatic heterocycles. The van der Waals surface area contributed by atoms with E-state index >= 15 is 0 Å². The number of methoxy groups -OCH3 is 1. The third-order valence-electron chi connectivity index (χ3n) is 3.84. The molecule has 0 saturated heterocycles. The van der Waals surface area contributed by atoms with Crippen molar-refractivity contribution in [2.75, 3.05) is 13.7 Å². The van der Waals surface area contributed by atoms with Crippen LogP contribution in [0.2, 0.25) is 0 Å². The third-order valence-corrected chi connectivity index (χ3v) is 3.84. The average molecular weight is 279 g/mol. The van der Waals surface area contributed by atoms with Crippen molar-refractivity contribution in [2.24, 2.45) is 5.92 Å². The highest BCUT2D eigenvalue weighted by Gasteiger charge is 2.27. The standard InChI is InChI=1S/C16H25NO3/c1-5-12(2)16(3,19)11-17-15(18)10-13-6-8-14(20-4)9-7-13/h6-9,12,19H,5,10-11H2,1-4H3,(H,17,18). The molecule has 2 N–H and O–H groups in total. The summed E-state index contributed by atoms with van der Waals surface area (Å²) in [6, 6.07) is 7.40. The van der Waals surface area contributed by atoms with Crippen LogP contribution in [0.1, 0.15) is 32.8 Å². The van der Waals surface area contributed by atoms with Crippen molar-refractivity contribution in [1.82, 2.24) is 5.32 Å². The number of carbonyl (C=O) groups is 1. The average Bonchev–Trinajstić information content (AvgIpc) is 2.45. The van der Waals surface area contributed by atoms with Crippen LogP contribution in [0.15, 0.2) is 24.3 Å². The largest absolute Gasteiger partial charge is 0.497 e. The summed E-state index contributed by atoms with van der Waals surface area (Å²) in [6.45, 7) is 6.04. The molecule has 0 heterocycles. The van der Waals surface area contributed by atoms with Crippen molar-refractivity contribution in [3.63, 3.8) is 0 Å². The molecule has 20 heavy (non-hydrogen) atoms. The molecule has 0 bridgehead atoms. The Balaban J connectivity index is 2.47. The Morgan fingerprint density at radius 2 is 2.00 bits per heavy atom. The van der Waals surface area contributed by atoms with E-state index in [4.69, 9.17) is 4.74 Å². The maximum absolute atomic E-state index is 11.9. The molecule has 4 heteroatoms. The van der Waals surface area contributed by atoms with Gasteiger partial charge in [0.25, 0.3) is 0 Å². The van der Waals surface area contributed by atoms with E-state index in [2.05, 4.69) is 5.32 Å². The van der Waals surface area contributed by atoms with Gasteiger partial charge in [-0.2, -0.15) is 0 Å². The van der Waals surface area contributed by atoms with Gasteiger partial charge in [0.2, 0.25) is 5.91 Å². The molecule has 0 aliphatic carbocycles. The smallest absolute Gasteiger partial charge is 0.224 e. The van der Waals surface area contributed by atoms with Crippen LogP contribution in [-0.2, 0) is 11.2 Å². The minimum atomic E-state index is -0.871. The molecular formula is C16H25NO3. The Bertz CT molecular complexity index is 426. The second-order valence-corrected chi connectivity index (χ2v) is 5.47. The lowest BCUT2D eigenvalue weighted by Crippen LogP contribution is -2.45. The van der Waals surface area contributed by atoms with Crippen LogP contribution in [0.5, 0.6) is 5.75 Å². The van der Waals surface area contributed by atoms with Gasteiger partial charge in [0.15, 0.2) is 0 Å². The molecule has 2 unspecified atom stereocenters. The fourth-order valence-corrected chi connectivity index (χ4v) is 1.88. The normalized spacial score (nSPS) is 15.2. The van der Waals surface area contributed by atoms with E-state index in [0.717, 1.165) is 17.7 Å². The molecule has 0 radical (unpaired) electrons. The maximum Gasteiger partial charge on any atom is 0.224 e. The Morgan fingerprint density at radius 3 is 2.50 bits per heavy atom. The van der Waals surface area contributed by atoms with Gasteiger partial charge in [-0.25, -0.2) is 0 Å². The first kappa shape index (κ1) is 16.5. The van der Waals surface area contributed by atoms with Crippen molar-refractivity contribution in [2.45, 2.75) is 39.2 Å². The van der Waals surface area contributed by atoms with Gasteiger partial charge in [0.1, 0.15) is 5.75 Å². The molecule has 1 rings (SSSR count). The topological polar surface area (TPSA) is 58.6 Å². The van der Waals surface area contributed by atoms with Crippen LogP contribution < -0.4 is 10.1 Å². The van der Waals surface area contributed by atoms with E-state index in [1.807, 2.05) is 38.1 Å². The lowest BCUT2D eigenvalue weighted by Gasteiger charge is -2.29. The zero-order chi connectivity index (χ0) is 15.2. The molecule has 0 aliphatic heterocycles. The van der Waals surface area contributed by atoms with Gasteiger partial charge in [0.05, 0.1) is 19.1 Å². The molecule has 1 aromatic carbocycles. The summed E-state index contributed by atoms with van der Waals surface area (Å²) in [5, 5.41) is 13.0. The fourth-order valence-electron chi connectivity index (χ4n) is 1.88. The number of nitrogens with one attached hydrogen (secondary N) is 1. The van der Waals surface area contributed by atoms with Crippen LogP contribution >= 0.6 is 0 Å². The predicted molar refractivity (Wildman–Crippen MR) is 79.8 cm³/mol. The van der Waals surface area contributed by atoms with Crippen LogP contribution in [0.4, 0.5) is 0 Å². The van der Waals surface area contributed by atoms with Crippen molar-refractivity contribution in [1.29, 1.82) is 0 Å². The molecule has 0 spiro atoms. The molecule has 0 fully saturated rings. The summed E-state index contributed by atoms with van der Waals surface area (Å²) in [4.78, 5) is 11.9. The number of hydrogen-bond donors (Lipinski definition) is 2. The van der Waals surface area contributed by atoms with Gasteiger partial charge in [0, 0.05) is 6.54 Å². The van der Waals surface area contributed by atoms with Gasteiger partial charge < -0.3 is 15.2 Å². The van der Waals surface area contributed by atoms with Crippen molar-refractivity contribution in [3.05, 3.63) is 29.8 Å². The van der Waals surface area contributed by atoms with Gasteiger partial charge in [-0.15, -0.1) is 0 Å². The molecule has 1 amide bonds. The number of aliphatic hydroxyl groups is 1.